The third-order valence-corrected chi connectivity index (χ3v) is 4.23. The fraction of sp³-hybridized carbons (Fsp3) is 0.222. The summed E-state index contributed by atoms with van der Waals surface area (Å²) in [4.78, 5) is 43.1. The summed E-state index contributed by atoms with van der Waals surface area (Å²) in [5.74, 6) is -0.358. The Bertz CT molecular complexity index is 1110. The van der Waals surface area contributed by atoms with E-state index in [0.29, 0.717) is 11.3 Å². The highest BCUT2D eigenvalue weighted by molar-refractivity contribution is 6.05. The van der Waals surface area contributed by atoms with Crippen molar-refractivity contribution in [3.8, 4) is 0 Å². The number of H-pyrrole nitrogens is 1. The number of rotatable bonds is 3. The number of carbonyl (C=O) groups excluding carboxylic acids is 1. The lowest BCUT2D eigenvalue weighted by Crippen LogP contribution is -2.30. The molecule has 0 spiro atoms. The molecule has 1 aliphatic carbocycles. The molecule has 1 amide bonds. The minimum atomic E-state index is -0.533. The van der Waals surface area contributed by atoms with Gasteiger partial charge in [0.25, 0.3) is 11.5 Å². The highest BCUT2D eigenvalue weighted by Crippen LogP contribution is 2.34. The van der Waals surface area contributed by atoms with Crippen molar-refractivity contribution >= 4 is 22.6 Å². The second-order valence-corrected chi connectivity index (χ2v) is 6.28. The molecule has 2 N–H and O–H groups in total. The molecule has 0 radical (unpaired) electrons. The molecule has 0 saturated heterocycles. The molecule has 0 unspecified atom stereocenters. The molecule has 25 heavy (non-hydrogen) atoms. The molecular formula is C18H16N4O3. The summed E-state index contributed by atoms with van der Waals surface area (Å²) in [6.07, 6.45) is 3.17. The van der Waals surface area contributed by atoms with Crippen molar-refractivity contribution in [1.29, 1.82) is 0 Å². The lowest BCUT2D eigenvalue weighted by atomic mass is 10.2. The van der Waals surface area contributed by atoms with Gasteiger partial charge in [0.15, 0.2) is 0 Å². The van der Waals surface area contributed by atoms with Crippen LogP contribution in [0.1, 0.15) is 34.8 Å². The number of hydrogen-bond acceptors (Lipinski definition) is 4. The number of benzene rings is 1. The van der Waals surface area contributed by atoms with Crippen LogP contribution in [-0.4, -0.2) is 20.4 Å². The molecule has 1 fully saturated rings. The summed E-state index contributed by atoms with van der Waals surface area (Å²) in [5, 5.41) is 3.02. The van der Waals surface area contributed by atoms with Crippen LogP contribution in [0.15, 0.2) is 46.1 Å². The molecule has 1 aliphatic rings. The second kappa shape index (κ2) is 5.70. The monoisotopic (exact) mass is 336 g/mol. The fourth-order valence-corrected chi connectivity index (χ4v) is 2.86. The number of pyridine rings is 1. The van der Waals surface area contributed by atoms with E-state index in [4.69, 9.17) is 0 Å². The highest BCUT2D eigenvalue weighted by Gasteiger charge is 2.27. The van der Waals surface area contributed by atoms with Gasteiger partial charge in [-0.25, -0.2) is 9.78 Å². The van der Waals surface area contributed by atoms with Gasteiger partial charge in [0.2, 0.25) is 0 Å². The van der Waals surface area contributed by atoms with E-state index < -0.39 is 11.2 Å². The number of aromatic nitrogens is 3. The average molecular weight is 336 g/mol. The van der Waals surface area contributed by atoms with Crippen molar-refractivity contribution in [2.75, 3.05) is 5.32 Å². The number of nitrogens with zero attached hydrogens (tertiary/aromatic N) is 2. The maximum atomic E-state index is 12.4. The minimum absolute atomic E-state index is 0.0753. The normalized spacial score (nSPS) is 13.8. The van der Waals surface area contributed by atoms with Crippen molar-refractivity contribution in [2.24, 2.45) is 0 Å². The maximum absolute atomic E-state index is 12.4. The molecule has 3 aromatic rings. The molecule has 0 bridgehead atoms. The Labute approximate surface area is 142 Å². The Kier molecular flexibility index (Phi) is 3.49. The summed E-state index contributed by atoms with van der Waals surface area (Å²) in [6, 6.07) is 8.98. The van der Waals surface area contributed by atoms with Gasteiger partial charge in [-0.3, -0.25) is 19.1 Å². The third-order valence-electron chi connectivity index (χ3n) is 4.23. The predicted molar refractivity (Wildman–Crippen MR) is 94.0 cm³/mol. The van der Waals surface area contributed by atoms with Crippen molar-refractivity contribution in [3.63, 3.8) is 0 Å². The molecule has 0 aliphatic heterocycles. The average Bonchev–Trinajstić information content (AvgIpc) is 3.39. The van der Waals surface area contributed by atoms with E-state index in [1.165, 1.54) is 16.8 Å². The van der Waals surface area contributed by atoms with Crippen LogP contribution in [0.3, 0.4) is 0 Å². The van der Waals surface area contributed by atoms with Crippen LogP contribution in [-0.2, 0) is 0 Å². The molecular weight excluding hydrogens is 320 g/mol. The van der Waals surface area contributed by atoms with Crippen LogP contribution in [0, 0.1) is 6.92 Å². The number of nitrogens with one attached hydrogen (secondary N) is 2. The topological polar surface area (TPSA) is 96.8 Å². The Hall–Kier alpha value is -3.22. The SMILES string of the molecule is Cc1cccc(NC(=O)c2cnc3c(c2)c(=O)[nH]c(=O)n3C2CC2)c1. The van der Waals surface area contributed by atoms with Gasteiger partial charge < -0.3 is 5.32 Å². The number of fused-ring (bicyclic) bond motifs is 1. The number of anilines is 1. The predicted octanol–water partition coefficient (Wildman–Crippen LogP) is 1.98. The van der Waals surface area contributed by atoms with Gasteiger partial charge in [-0.2, -0.15) is 0 Å². The fourth-order valence-electron chi connectivity index (χ4n) is 2.86. The number of hydrogen-bond donors (Lipinski definition) is 2. The van der Waals surface area contributed by atoms with Crippen LogP contribution in [0.4, 0.5) is 5.69 Å². The van der Waals surface area contributed by atoms with E-state index in [9.17, 15) is 14.4 Å². The zero-order valence-corrected chi connectivity index (χ0v) is 13.6. The highest BCUT2D eigenvalue weighted by atomic mass is 16.2. The van der Waals surface area contributed by atoms with E-state index >= 15 is 0 Å². The standard InChI is InChI=1S/C18H16N4O3/c1-10-3-2-4-12(7-10)20-16(23)11-8-14-15(19-9-11)22(13-5-6-13)18(25)21-17(14)24/h2-4,7-9,13H,5-6H2,1H3,(H,20,23)(H,21,24,25). The van der Waals surface area contributed by atoms with E-state index in [0.717, 1.165) is 18.4 Å². The van der Waals surface area contributed by atoms with Crippen molar-refractivity contribution in [2.45, 2.75) is 25.8 Å². The maximum Gasteiger partial charge on any atom is 0.330 e. The molecule has 126 valence electrons. The van der Waals surface area contributed by atoms with Gasteiger partial charge in [0.05, 0.1) is 10.9 Å². The smallest absolute Gasteiger partial charge is 0.322 e. The van der Waals surface area contributed by atoms with Crippen LogP contribution < -0.4 is 16.6 Å². The number of carbonyl (C=O) groups is 1. The lowest BCUT2D eigenvalue weighted by Gasteiger charge is -2.09. The third kappa shape index (κ3) is 2.84. The molecule has 7 heteroatoms. The largest absolute Gasteiger partial charge is 0.330 e. The van der Waals surface area contributed by atoms with Gasteiger partial charge in [-0.1, -0.05) is 12.1 Å². The molecule has 1 saturated carbocycles. The zero-order valence-electron chi connectivity index (χ0n) is 13.6. The van der Waals surface area contributed by atoms with Crippen molar-refractivity contribution in [3.05, 3.63) is 68.5 Å². The van der Waals surface area contributed by atoms with E-state index in [-0.39, 0.29) is 22.9 Å². The quantitative estimate of drug-likeness (QED) is 0.764. The summed E-state index contributed by atoms with van der Waals surface area (Å²) in [6.45, 7) is 1.93. The molecule has 0 atom stereocenters. The van der Waals surface area contributed by atoms with E-state index in [2.05, 4.69) is 15.3 Å². The Morgan fingerprint density at radius 2 is 2.08 bits per heavy atom. The van der Waals surface area contributed by atoms with Crippen LogP contribution in [0.25, 0.3) is 11.0 Å². The Balaban J connectivity index is 1.75. The van der Waals surface area contributed by atoms with Gasteiger partial charge in [-0.05, 0) is 43.5 Å². The lowest BCUT2D eigenvalue weighted by molar-refractivity contribution is 0.102. The van der Waals surface area contributed by atoms with Crippen LogP contribution >= 0.6 is 0 Å². The first-order chi connectivity index (χ1) is 12.0. The Morgan fingerprint density at radius 3 is 2.80 bits per heavy atom. The summed E-state index contributed by atoms with van der Waals surface area (Å²) >= 11 is 0. The summed E-state index contributed by atoms with van der Waals surface area (Å²) in [5.41, 5.74) is 1.30. The summed E-state index contributed by atoms with van der Waals surface area (Å²) < 4.78 is 1.50. The number of aryl methyl sites for hydroxylation is 1. The molecule has 7 nitrogen and oxygen atoms in total. The van der Waals surface area contributed by atoms with Gasteiger partial charge in [0, 0.05) is 17.9 Å². The van der Waals surface area contributed by atoms with Crippen LogP contribution in [0.2, 0.25) is 0 Å². The molecule has 2 heterocycles. The van der Waals surface area contributed by atoms with E-state index in [1.54, 1.807) is 6.07 Å². The first kappa shape index (κ1) is 15.3. The molecule has 4 rings (SSSR count). The Morgan fingerprint density at radius 1 is 1.28 bits per heavy atom. The zero-order chi connectivity index (χ0) is 17.6. The first-order valence-electron chi connectivity index (χ1n) is 8.05. The van der Waals surface area contributed by atoms with Gasteiger partial charge >= 0.3 is 5.69 Å². The van der Waals surface area contributed by atoms with Crippen LogP contribution in [0.5, 0.6) is 0 Å². The van der Waals surface area contributed by atoms with E-state index in [1.807, 2.05) is 25.1 Å². The minimum Gasteiger partial charge on any atom is -0.322 e. The summed E-state index contributed by atoms with van der Waals surface area (Å²) in [7, 11) is 0. The molecule has 1 aromatic carbocycles. The first-order valence-corrected chi connectivity index (χ1v) is 8.05. The number of amides is 1. The van der Waals surface area contributed by atoms with Crippen molar-refractivity contribution < 1.29 is 4.79 Å². The van der Waals surface area contributed by atoms with Crippen molar-refractivity contribution in [1.82, 2.24) is 14.5 Å². The van der Waals surface area contributed by atoms with Gasteiger partial charge in [-0.15, -0.1) is 0 Å². The van der Waals surface area contributed by atoms with Gasteiger partial charge in [0.1, 0.15) is 5.65 Å². The second-order valence-electron chi connectivity index (χ2n) is 6.28. The molecule has 2 aromatic heterocycles. The number of aromatic amines is 1.